The highest BCUT2D eigenvalue weighted by atomic mass is 16.2. The highest BCUT2D eigenvalue weighted by Gasteiger charge is 2.21. The lowest BCUT2D eigenvalue weighted by atomic mass is 10.2. The summed E-state index contributed by atoms with van der Waals surface area (Å²) in [6.45, 7) is 1.55. The number of Topliss-reactive ketones (excluding diaryl/α,β-unsaturated/α-hetero) is 1. The first-order valence-corrected chi connectivity index (χ1v) is 5.34. The Balaban J connectivity index is 1.94. The van der Waals surface area contributed by atoms with Crippen LogP contribution in [-0.2, 0) is 4.79 Å². The molecule has 0 bridgehead atoms. The summed E-state index contributed by atoms with van der Waals surface area (Å²) in [6, 6.07) is 1.53. The Kier molecular flexibility index (Phi) is 3.24. The Bertz CT molecular complexity index is 385. The molecule has 84 valence electrons. The standard InChI is InChI=1S/C11H13N3O2/c15-10(9-3-4-12-8-13-9)7-11(16)14-5-1-2-6-14/h3-4,8H,1-2,5-7H2. The first-order chi connectivity index (χ1) is 7.77. The first kappa shape index (κ1) is 10.7. The van der Waals surface area contributed by atoms with Crippen LogP contribution in [-0.4, -0.2) is 39.6 Å². The number of likely N-dealkylation sites (tertiary alicyclic amines) is 1. The fourth-order valence-corrected chi connectivity index (χ4v) is 1.76. The third-order valence-corrected chi connectivity index (χ3v) is 2.64. The summed E-state index contributed by atoms with van der Waals surface area (Å²) >= 11 is 0. The van der Waals surface area contributed by atoms with Gasteiger partial charge < -0.3 is 4.90 Å². The predicted molar refractivity (Wildman–Crippen MR) is 56.8 cm³/mol. The molecule has 1 aromatic rings. The van der Waals surface area contributed by atoms with E-state index in [1.807, 2.05) is 0 Å². The molecule has 1 aromatic heterocycles. The molecule has 2 rings (SSSR count). The number of rotatable bonds is 3. The summed E-state index contributed by atoms with van der Waals surface area (Å²) < 4.78 is 0. The number of hydrogen-bond acceptors (Lipinski definition) is 4. The molecular formula is C11H13N3O2. The molecule has 5 nitrogen and oxygen atoms in total. The van der Waals surface area contributed by atoms with E-state index in [4.69, 9.17) is 0 Å². The van der Waals surface area contributed by atoms with E-state index in [0.29, 0.717) is 5.69 Å². The average Bonchev–Trinajstić information content (AvgIpc) is 2.83. The van der Waals surface area contributed by atoms with Crippen LogP contribution in [0.15, 0.2) is 18.6 Å². The molecule has 0 aromatic carbocycles. The van der Waals surface area contributed by atoms with Gasteiger partial charge in [0, 0.05) is 19.3 Å². The Morgan fingerprint density at radius 3 is 2.69 bits per heavy atom. The van der Waals surface area contributed by atoms with E-state index in [1.165, 1.54) is 18.6 Å². The van der Waals surface area contributed by atoms with Crippen LogP contribution < -0.4 is 0 Å². The van der Waals surface area contributed by atoms with E-state index in [1.54, 1.807) is 4.90 Å². The van der Waals surface area contributed by atoms with Gasteiger partial charge in [0.15, 0.2) is 5.78 Å². The second kappa shape index (κ2) is 4.83. The third-order valence-electron chi connectivity index (χ3n) is 2.64. The molecule has 0 unspecified atom stereocenters. The second-order valence-corrected chi connectivity index (χ2v) is 3.78. The van der Waals surface area contributed by atoms with E-state index < -0.39 is 0 Å². The Morgan fingerprint density at radius 2 is 2.06 bits per heavy atom. The lowest BCUT2D eigenvalue weighted by molar-refractivity contribution is -0.129. The molecule has 0 N–H and O–H groups in total. The number of carbonyl (C=O) groups is 2. The average molecular weight is 219 g/mol. The minimum Gasteiger partial charge on any atom is -0.342 e. The van der Waals surface area contributed by atoms with Crippen molar-refractivity contribution in [2.45, 2.75) is 19.3 Å². The van der Waals surface area contributed by atoms with Gasteiger partial charge in [-0.25, -0.2) is 9.97 Å². The lowest BCUT2D eigenvalue weighted by Gasteiger charge is -2.13. The maximum Gasteiger partial charge on any atom is 0.230 e. The summed E-state index contributed by atoms with van der Waals surface area (Å²) in [5.41, 5.74) is 0.308. The Labute approximate surface area is 93.5 Å². The molecule has 5 heteroatoms. The molecule has 1 aliphatic rings. The van der Waals surface area contributed by atoms with Crippen molar-refractivity contribution in [1.82, 2.24) is 14.9 Å². The minimum absolute atomic E-state index is 0.0863. The maximum atomic E-state index is 11.7. The first-order valence-electron chi connectivity index (χ1n) is 5.34. The van der Waals surface area contributed by atoms with Gasteiger partial charge in [-0.3, -0.25) is 9.59 Å². The van der Waals surface area contributed by atoms with Gasteiger partial charge in [0.25, 0.3) is 0 Å². The molecule has 2 heterocycles. The van der Waals surface area contributed by atoms with Crippen molar-refractivity contribution < 1.29 is 9.59 Å². The van der Waals surface area contributed by atoms with Crippen LogP contribution in [0.1, 0.15) is 29.8 Å². The van der Waals surface area contributed by atoms with Crippen molar-refractivity contribution in [3.63, 3.8) is 0 Å². The molecule has 0 aliphatic carbocycles. The van der Waals surface area contributed by atoms with Crippen molar-refractivity contribution in [3.05, 3.63) is 24.3 Å². The van der Waals surface area contributed by atoms with E-state index in [0.717, 1.165) is 25.9 Å². The van der Waals surface area contributed by atoms with Gasteiger partial charge in [-0.1, -0.05) is 0 Å². The lowest BCUT2D eigenvalue weighted by Crippen LogP contribution is -2.29. The van der Waals surface area contributed by atoms with E-state index in [2.05, 4.69) is 9.97 Å². The van der Waals surface area contributed by atoms with Gasteiger partial charge in [0.2, 0.25) is 5.91 Å². The zero-order valence-electron chi connectivity index (χ0n) is 8.93. The van der Waals surface area contributed by atoms with Crippen molar-refractivity contribution in [2.75, 3.05) is 13.1 Å². The zero-order chi connectivity index (χ0) is 11.4. The van der Waals surface area contributed by atoms with Crippen LogP contribution >= 0.6 is 0 Å². The zero-order valence-corrected chi connectivity index (χ0v) is 8.93. The van der Waals surface area contributed by atoms with Crippen LogP contribution in [0.3, 0.4) is 0 Å². The molecule has 1 amide bonds. The molecule has 1 saturated heterocycles. The van der Waals surface area contributed by atoms with Gasteiger partial charge in [0.1, 0.15) is 12.0 Å². The summed E-state index contributed by atoms with van der Waals surface area (Å²) in [5.74, 6) is -0.333. The normalized spacial score (nSPS) is 15.1. The molecule has 0 atom stereocenters. The summed E-state index contributed by atoms with van der Waals surface area (Å²) in [6.07, 6.45) is 4.80. The SMILES string of the molecule is O=C(CC(=O)N1CCCC1)c1ccncn1. The summed E-state index contributed by atoms with van der Waals surface area (Å²) in [7, 11) is 0. The monoisotopic (exact) mass is 219 g/mol. The maximum absolute atomic E-state index is 11.7. The van der Waals surface area contributed by atoms with Gasteiger partial charge in [-0.15, -0.1) is 0 Å². The topological polar surface area (TPSA) is 63.2 Å². The van der Waals surface area contributed by atoms with Crippen molar-refractivity contribution >= 4 is 11.7 Å². The number of nitrogens with zero attached hydrogens (tertiary/aromatic N) is 3. The van der Waals surface area contributed by atoms with Gasteiger partial charge >= 0.3 is 0 Å². The number of aromatic nitrogens is 2. The molecule has 16 heavy (non-hydrogen) atoms. The number of hydrogen-bond donors (Lipinski definition) is 0. The number of carbonyl (C=O) groups excluding carboxylic acids is 2. The number of amides is 1. The smallest absolute Gasteiger partial charge is 0.230 e. The number of ketones is 1. The van der Waals surface area contributed by atoms with E-state index in [9.17, 15) is 9.59 Å². The summed E-state index contributed by atoms with van der Waals surface area (Å²) in [5, 5.41) is 0. The molecule has 0 spiro atoms. The van der Waals surface area contributed by atoms with Crippen LogP contribution in [0.5, 0.6) is 0 Å². The van der Waals surface area contributed by atoms with Gasteiger partial charge in [-0.2, -0.15) is 0 Å². The molecule has 0 saturated carbocycles. The van der Waals surface area contributed by atoms with Gasteiger partial charge in [0.05, 0.1) is 6.42 Å². The van der Waals surface area contributed by atoms with Crippen LogP contribution in [0.4, 0.5) is 0 Å². The van der Waals surface area contributed by atoms with Crippen LogP contribution in [0.2, 0.25) is 0 Å². The van der Waals surface area contributed by atoms with E-state index >= 15 is 0 Å². The molecule has 1 aliphatic heterocycles. The summed E-state index contributed by atoms with van der Waals surface area (Å²) in [4.78, 5) is 32.7. The highest BCUT2D eigenvalue weighted by Crippen LogP contribution is 2.10. The minimum atomic E-state index is -0.237. The second-order valence-electron chi connectivity index (χ2n) is 3.78. The van der Waals surface area contributed by atoms with Crippen LogP contribution in [0, 0.1) is 0 Å². The van der Waals surface area contributed by atoms with Crippen molar-refractivity contribution in [1.29, 1.82) is 0 Å². The van der Waals surface area contributed by atoms with Crippen molar-refractivity contribution in [2.24, 2.45) is 0 Å². The Hall–Kier alpha value is -1.78. The fraction of sp³-hybridized carbons (Fsp3) is 0.455. The fourth-order valence-electron chi connectivity index (χ4n) is 1.76. The van der Waals surface area contributed by atoms with Crippen molar-refractivity contribution in [3.8, 4) is 0 Å². The largest absolute Gasteiger partial charge is 0.342 e. The van der Waals surface area contributed by atoms with Crippen LogP contribution in [0.25, 0.3) is 0 Å². The third kappa shape index (κ3) is 2.42. The highest BCUT2D eigenvalue weighted by molar-refractivity contribution is 6.06. The molecule has 1 fully saturated rings. The van der Waals surface area contributed by atoms with E-state index in [-0.39, 0.29) is 18.1 Å². The molecule has 0 radical (unpaired) electrons. The molecular weight excluding hydrogens is 206 g/mol. The van der Waals surface area contributed by atoms with Gasteiger partial charge in [-0.05, 0) is 18.9 Å². The predicted octanol–water partition coefficient (Wildman–Crippen LogP) is 0.672. The quantitative estimate of drug-likeness (QED) is 0.553. The Morgan fingerprint density at radius 1 is 1.31 bits per heavy atom.